The standard InChI is InChI=1S/C15H22N6O2/c1-3-21-13(9-17-19-21)15(22)16-7-11-5-4-6-23-14(11)12-8-18-20(2)10-12/h8-11,14H,3-7H2,1-2H3,(H,16,22)/t11-,14+/m0/s1. The molecule has 0 aromatic carbocycles. The number of nitrogens with zero attached hydrogens (tertiary/aromatic N) is 5. The number of carbonyl (C=O) groups is 1. The molecule has 0 unspecified atom stereocenters. The third-order valence-electron chi connectivity index (χ3n) is 4.17. The van der Waals surface area contributed by atoms with Crippen LogP contribution in [-0.4, -0.2) is 43.8 Å². The second-order valence-electron chi connectivity index (χ2n) is 5.79. The van der Waals surface area contributed by atoms with Gasteiger partial charge in [-0.1, -0.05) is 5.21 Å². The van der Waals surface area contributed by atoms with Crippen molar-refractivity contribution in [3.8, 4) is 0 Å². The molecule has 1 amide bonds. The molecule has 0 radical (unpaired) electrons. The summed E-state index contributed by atoms with van der Waals surface area (Å²) < 4.78 is 9.28. The Morgan fingerprint density at radius 3 is 3.09 bits per heavy atom. The van der Waals surface area contributed by atoms with Gasteiger partial charge in [0.05, 0.1) is 18.5 Å². The van der Waals surface area contributed by atoms with Crippen LogP contribution in [0.1, 0.15) is 41.9 Å². The van der Waals surface area contributed by atoms with E-state index in [1.54, 1.807) is 9.36 Å². The first-order chi connectivity index (χ1) is 11.2. The average Bonchev–Trinajstić information content (AvgIpc) is 3.21. The van der Waals surface area contributed by atoms with E-state index in [2.05, 4.69) is 20.7 Å². The van der Waals surface area contributed by atoms with Crippen molar-refractivity contribution < 1.29 is 9.53 Å². The second kappa shape index (κ2) is 6.91. The first kappa shape index (κ1) is 15.7. The first-order valence-corrected chi connectivity index (χ1v) is 7.96. The van der Waals surface area contributed by atoms with Crippen molar-refractivity contribution in [1.82, 2.24) is 30.1 Å². The fraction of sp³-hybridized carbons (Fsp3) is 0.600. The van der Waals surface area contributed by atoms with Crippen LogP contribution in [-0.2, 0) is 18.3 Å². The Hall–Kier alpha value is -2.22. The third-order valence-corrected chi connectivity index (χ3v) is 4.17. The highest BCUT2D eigenvalue weighted by Crippen LogP contribution is 2.32. The van der Waals surface area contributed by atoms with Gasteiger partial charge in [-0.2, -0.15) is 5.10 Å². The van der Waals surface area contributed by atoms with Gasteiger partial charge in [-0.05, 0) is 19.8 Å². The summed E-state index contributed by atoms with van der Waals surface area (Å²) in [6.45, 7) is 3.86. The normalized spacial score (nSPS) is 21.3. The van der Waals surface area contributed by atoms with Crippen LogP contribution >= 0.6 is 0 Å². The summed E-state index contributed by atoms with van der Waals surface area (Å²) >= 11 is 0. The second-order valence-corrected chi connectivity index (χ2v) is 5.79. The predicted molar refractivity (Wildman–Crippen MR) is 82.7 cm³/mol. The Morgan fingerprint density at radius 1 is 1.48 bits per heavy atom. The van der Waals surface area contributed by atoms with Crippen LogP contribution in [0, 0.1) is 5.92 Å². The van der Waals surface area contributed by atoms with Crippen LogP contribution in [0.4, 0.5) is 0 Å². The lowest BCUT2D eigenvalue weighted by atomic mass is 9.91. The number of carbonyl (C=O) groups excluding carboxylic acids is 1. The van der Waals surface area contributed by atoms with E-state index in [0.717, 1.165) is 25.0 Å². The number of amides is 1. The lowest BCUT2D eigenvalue weighted by Gasteiger charge is -2.31. The van der Waals surface area contributed by atoms with Gasteiger partial charge in [0, 0.05) is 44.4 Å². The molecule has 2 atom stereocenters. The SMILES string of the molecule is CCn1nncc1C(=O)NC[C@@H]1CCCO[C@H]1c1cnn(C)c1. The number of hydrogen-bond acceptors (Lipinski definition) is 5. The molecule has 0 spiro atoms. The molecule has 8 heteroatoms. The van der Waals surface area contributed by atoms with E-state index in [4.69, 9.17) is 4.74 Å². The van der Waals surface area contributed by atoms with Crippen molar-refractivity contribution in [3.05, 3.63) is 29.8 Å². The Bertz CT molecular complexity index is 664. The van der Waals surface area contributed by atoms with Gasteiger partial charge in [-0.15, -0.1) is 5.10 Å². The predicted octanol–water partition coefficient (Wildman–Crippen LogP) is 0.929. The summed E-state index contributed by atoms with van der Waals surface area (Å²) in [5, 5.41) is 14.9. The van der Waals surface area contributed by atoms with Crippen molar-refractivity contribution in [2.75, 3.05) is 13.2 Å². The smallest absolute Gasteiger partial charge is 0.271 e. The first-order valence-electron chi connectivity index (χ1n) is 7.96. The van der Waals surface area contributed by atoms with Crippen molar-refractivity contribution in [2.24, 2.45) is 13.0 Å². The van der Waals surface area contributed by atoms with E-state index in [1.807, 2.05) is 26.4 Å². The van der Waals surface area contributed by atoms with Gasteiger partial charge >= 0.3 is 0 Å². The molecule has 0 saturated carbocycles. The maximum Gasteiger partial charge on any atom is 0.271 e. The van der Waals surface area contributed by atoms with Crippen LogP contribution in [0.3, 0.4) is 0 Å². The fourth-order valence-corrected chi connectivity index (χ4v) is 2.99. The minimum absolute atomic E-state index is 0.0213. The largest absolute Gasteiger partial charge is 0.373 e. The summed E-state index contributed by atoms with van der Waals surface area (Å²) in [7, 11) is 1.89. The molecule has 8 nitrogen and oxygen atoms in total. The van der Waals surface area contributed by atoms with Gasteiger partial charge in [0.15, 0.2) is 0 Å². The van der Waals surface area contributed by atoms with E-state index in [1.165, 1.54) is 6.20 Å². The van der Waals surface area contributed by atoms with E-state index in [-0.39, 0.29) is 17.9 Å². The number of aromatic nitrogens is 5. The monoisotopic (exact) mass is 318 g/mol. The number of ether oxygens (including phenoxy) is 1. The van der Waals surface area contributed by atoms with E-state index in [0.29, 0.717) is 18.8 Å². The maximum atomic E-state index is 12.3. The summed E-state index contributed by atoms with van der Waals surface area (Å²) in [6.07, 6.45) is 7.31. The lowest BCUT2D eigenvalue weighted by molar-refractivity contribution is -0.0273. The molecule has 1 fully saturated rings. The molecule has 3 rings (SSSR count). The quantitative estimate of drug-likeness (QED) is 0.886. The van der Waals surface area contributed by atoms with Crippen molar-refractivity contribution in [1.29, 1.82) is 0 Å². The van der Waals surface area contributed by atoms with Crippen LogP contribution in [0.5, 0.6) is 0 Å². The number of aryl methyl sites for hydroxylation is 2. The highest BCUT2D eigenvalue weighted by Gasteiger charge is 2.29. The fourth-order valence-electron chi connectivity index (χ4n) is 2.99. The number of rotatable bonds is 5. The van der Waals surface area contributed by atoms with Gasteiger partial charge in [0.1, 0.15) is 5.69 Å². The highest BCUT2D eigenvalue weighted by atomic mass is 16.5. The van der Waals surface area contributed by atoms with Crippen molar-refractivity contribution >= 4 is 5.91 Å². The minimum Gasteiger partial charge on any atom is -0.373 e. The zero-order valence-corrected chi connectivity index (χ0v) is 13.5. The molecule has 0 aliphatic carbocycles. The molecule has 124 valence electrons. The number of hydrogen-bond donors (Lipinski definition) is 1. The zero-order valence-electron chi connectivity index (χ0n) is 13.5. The molecular weight excluding hydrogens is 296 g/mol. The lowest BCUT2D eigenvalue weighted by Crippen LogP contribution is -2.35. The molecule has 1 aliphatic rings. The summed E-state index contributed by atoms with van der Waals surface area (Å²) in [5.41, 5.74) is 1.55. The van der Waals surface area contributed by atoms with Gasteiger partial charge in [0.2, 0.25) is 0 Å². The van der Waals surface area contributed by atoms with Crippen molar-refractivity contribution in [2.45, 2.75) is 32.4 Å². The van der Waals surface area contributed by atoms with Crippen LogP contribution < -0.4 is 5.32 Å². The molecule has 23 heavy (non-hydrogen) atoms. The van der Waals surface area contributed by atoms with Gasteiger partial charge in [0.25, 0.3) is 5.91 Å². The summed E-state index contributed by atoms with van der Waals surface area (Å²) in [6, 6.07) is 0. The average molecular weight is 318 g/mol. The molecule has 2 aromatic rings. The Balaban J connectivity index is 1.64. The Labute approximate surface area is 134 Å². The summed E-state index contributed by atoms with van der Waals surface area (Å²) in [5.74, 6) is 0.0928. The molecule has 2 aromatic heterocycles. The van der Waals surface area contributed by atoms with E-state index >= 15 is 0 Å². The maximum absolute atomic E-state index is 12.3. The van der Waals surface area contributed by atoms with Gasteiger partial charge in [-0.3, -0.25) is 9.48 Å². The van der Waals surface area contributed by atoms with Crippen LogP contribution in [0.2, 0.25) is 0 Å². The van der Waals surface area contributed by atoms with Gasteiger partial charge in [-0.25, -0.2) is 4.68 Å². The Kier molecular flexibility index (Phi) is 4.71. The summed E-state index contributed by atoms with van der Waals surface area (Å²) in [4.78, 5) is 12.3. The number of nitrogens with one attached hydrogen (secondary N) is 1. The van der Waals surface area contributed by atoms with Gasteiger partial charge < -0.3 is 10.1 Å². The minimum atomic E-state index is -0.146. The van der Waals surface area contributed by atoms with Crippen molar-refractivity contribution in [3.63, 3.8) is 0 Å². The molecule has 1 saturated heterocycles. The zero-order chi connectivity index (χ0) is 16.2. The molecule has 1 aliphatic heterocycles. The Morgan fingerprint density at radius 2 is 2.35 bits per heavy atom. The topological polar surface area (TPSA) is 86.9 Å². The van der Waals surface area contributed by atoms with Crippen LogP contribution in [0.25, 0.3) is 0 Å². The van der Waals surface area contributed by atoms with E-state index in [9.17, 15) is 4.79 Å². The highest BCUT2D eigenvalue weighted by molar-refractivity contribution is 5.92. The van der Waals surface area contributed by atoms with Crippen LogP contribution in [0.15, 0.2) is 18.6 Å². The molecular formula is C15H22N6O2. The third kappa shape index (κ3) is 3.42. The molecule has 1 N–H and O–H groups in total. The van der Waals surface area contributed by atoms with E-state index < -0.39 is 0 Å². The molecule has 0 bridgehead atoms. The molecule has 3 heterocycles.